The second-order valence-electron chi connectivity index (χ2n) is 6.83. The molecule has 0 aliphatic heterocycles. The van der Waals surface area contributed by atoms with Gasteiger partial charge in [0.25, 0.3) is 0 Å². The first-order valence-electron chi connectivity index (χ1n) is 9.34. The Kier molecular flexibility index (Phi) is 6.30. The van der Waals surface area contributed by atoms with Gasteiger partial charge < -0.3 is 20.9 Å². The van der Waals surface area contributed by atoms with Crippen LogP contribution in [0.2, 0.25) is 0 Å². The van der Waals surface area contributed by atoms with Gasteiger partial charge in [0.05, 0.1) is 0 Å². The van der Waals surface area contributed by atoms with Crippen molar-refractivity contribution >= 4 is 29.0 Å². The second-order valence-corrected chi connectivity index (χ2v) is 6.83. The van der Waals surface area contributed by atoms with Crippen molar-refractivity contribution in [2.24, 2.45) is 5.92 Å². The number of benzene rings is 2. The number of amides is 3. The molecule has 0 heterocycles. The minimum absolute atomic E-state index is 0.0777. The topological polar surface area (TPSA) is 73.5 Å². The van der Waals surface area contributed by atoms with E-state index in [0.717, 1.165) is 37.2 Å². The highest BCUT2D eigenvalue weighted by molar-refractivity contribution is 5.94. The minimum Gasteiger partial charge on any atom is -0.375 e. The molecular formula is C21H26N4O2. The highest BCUT2D eigenvalue weighted by Crippen LogP contribution is 2.30. The number of nitrogens with zero attached hydrogens (tertiary/aromatic N) is 1. The zero-order valence-electron chi connectivity index (χ0n) is 15.6. The smallest absolute Gasteiger partial charge is 0.319 e. The van der Waals surface area contributed by atoms with Gasteiger partial charge in [-0.3, -0.25) is 4.79 Å². The van der Waals surface area contributed by atoms with E-state index in [9.17, 15) is 9.59 Å². The quantitative estimate of drug-likeness (QED) is 0.624. The molecule has 3 N–H and O–H groups in total. The average molecular weight is 366 g/mol. The third kappa shape index (κ3) is 6.02. The minimum atomic E-state index is -0.230. The summed E-state index contributed by atoms with van der Waals surface area (Å²) in [5, 5.41) is 8.54. The molecule has 3 amide bonds. The van der Waals surface area contributed by atoms with Crippen LogP contribution in [-0.4, -0.2) is 32.1 Å². The third-order valence-corrected chi connectivity index (χ3v) is 4.51. The Morgan fingerprint density at radius 2 is 1.59 bits per heavy atom. The van der Waals surface area contributed by atoms with E-state index in [-0.39, 0.29) is 17.9 Å². The lowest BCUT2D eigenvalue weighted by Crippen LogP contribution is -2.31. The van der Waals surface area contributed by atoms with Crippen LogP contribution in [-0.2, 0) is 4.79 Å². The van der Waals surface area contributed by atoms with Gasteiger partial charge in [-0.15, -0.1) is 0 Å². The van der Waals surface area contributed by atoms with Gasteiger partial charge in [0.15, 0.2) is 0 Å². The number of rotatable bonds is 8. The molecule has 3 rings (SSSR count). The predicted molar refractivity (Wildman–Crippen MR) is 109 cm³/mol. The van der Waals surface area contributed by atoms with E-state index >= 15 is 0 Å². The number of hydrogen-bond acceptors (Lipinski definition) is 3. The Morgan fingerprint density at radius 1 is 0.963 bits per heavy atom. The van der Waals surface area contributed by atoms with Gasteiger partial charge >= 0.3 is 6.03 Å². The first kappa shape index (κ1) is 18.8. The van der Waals surface area contributed by atoms with Crippen LogP contribution in [0, 0.1) is 5.92 Å². The number of urea groups is 1. The Bertz CT molecular complexity index is 758. The number of nitrogens with one attached hydrogen (secondary N) is 3. The molecule has 0 saturated heterocycles. The van der Waals surface area contributed by atoms with E-state index in [0.29, 0.717) is 12.2 Å². The van der Waals surface area contributed by atoms with Crippen LogP contribution in [0.4, 0.5) is 21.9 Å². The van der Waals surface area contributed by atoms with Crippen molar-refractivity contribution in [3.63, 3.8) is 0 Å². The van der Waals surface area contributed by atoms with Crippen LogP contribution in [0.25, 0.3) is 0 Å². The maximum atomic E-state index is 12.0. The highest BCUT2D eigenvalue weighted by atomic mass is 16.2. The Balaban J connectivity index is 1.34. The van der Waals surface area contributed by atoms with E-state index in [4.69, 9.17) is 0 Å². The summed E-state index contributed by atoms with van der Waals surface area (Å²) >= 11 is 0. The lowest BCUT2D eigenvalue weighted by atomic mass is 10.2. The number of hydrogen-bond donors (Lipinski definition) is 3. The molecule has 2 aromatic carbocycles. The summed E-state index contributed by atoms with van der Waals surface area (Å²) in [7, 11) is 2.04. The fourth-order valence-electron chi connectivity index (χ4n) is 2.73. The van der Waals surface area contributed by atoms with Crippen molar-refractivity contribution in [2.45, 2.75) is 19.3 Å². The standard InChI is InChI=1S/C21H26N4O2/c1-25(19-6-3-2-4-7-19)15-5-14-22-21(27)24-18-12-10-17(11-13-18)23-20(26)16-8-9-16/h2-4,6-7,10-13,16H,5,8-9,14-15H2,1H3,(H,23,26)(H2,22,24,27). The molecule has 1 aliphatic rings. The second kappa shape index (κ2) is 9.07. The first-order valence-corrected chi connectivity index (χ1v) is 9.34. The van der Waals surface area contributed by atoms with Gasteiger partial charge in [-0.05, 0) is 55.7 Å². The molecule has 0 unspecified atom stereocenters. The Labute approximate surface area is 159 Å². The van der Waals surface area contributed by atoms with E-state index in [1.165, 1.54) is 0 Å². The predicted octanol–water partition coefficient (Wildman–Crippen LogP) is 3.68. The molecule has 1 saturated carbocycles. The molecule has 27 heavy (non-hydrogen) atoms. The molecule has 0 bridgehead atoms. The van der Waals surface area contributed by atoms with Crippen molar-refractivity contribution in [1.82, 2.24) is 5.32 Å². The molecule has 0 atom stereocenters. The van der Waals surface area contributed by atoms with Gasteiger partial charge in [-0.1, -0.05) is 18.2 Å². The Hall–Kier alpha value is -3.02. The van der Waals surface area contributed by atoms with Gasteiger partial charge in [0.2, 0.25) is 5.91 Å². The molecule has 6 heteroatoms. The van der Waals surface area contributed by atoms with E-state index in [1.54, 1.807) is 24.3 Å². The maximum Gasteiger partial charge on any atom is 0.319 e. The van der Waals surface area contributed by atoms with Crippen LogP contribution in [0.15, 0.2) is 54.6 Å². The van der Waals surface area contributed by atoms with E-state index < -0.39 is 0 Å². The van der Waals surface area contributed by atoms with E-state index in [1.807, 2.05) is 25.2 Å². The van der Waals surface area contributed by atoms with Crippen molar-refractivity contribution < 1.29 is 9.59 Å². The number of carbonyl (C=O) groups is 2. The zero-order chi connectivity index (χ0) is 19.1. The summed E-state index contributed by atoms with van der Waals surface area (Å²) in [4.78, 5) is 25.9. The Morgan fingerprint density at radius 3 is 2.22 bits per heavy atom. The monoisotopic (exact) mass is 366 g/mol. The lowest BCUT2D eigenvalue weighted by Gasteiger charge is -2.19. The third-order valence-electron chi connectivity index (χ3n) is 4.51. The van der Waals surface area contributed by atoms with Gasteiger partial charge in [-0.2, -0.15) is 0 Å². The van der Waals surface area contributed by atoms with Gasteiger partial charge in [-0.25, -0.2) is 4.79 Å². The molecule has 0 aromatic heterocycles. The molecular weight excluding hydrogens is 340 g/mol. The van der Waals surface area contributed by atoms with Gasteiger partial charge in [0, 0.05) is 43.1 Å². The van der Waals surface area contributed by atoms with Crippen LogP contribution < -0.4 is 20.9 Å². The van der Waals surface area contributed by atoms with Crippen molar-refractivity contribution in [2.75, 3.05) is 35.7 Å². The van der Waals surface area contributed by atoms with Crippen molar-refractivity contribution in [3.8, 4) is 0 Å². The molecule has 0 spiro atoms. The van der Waals surface area contributed by atoms with Crippen molar-refractivity contribution in [3.05, 3.63) is 54.6 Å². The number of anilines is 3. The SMILES string of the molecule is CN(CCCNC(=O)Nc1ccc(NC(=O)C2CC2)cc1)c1ccccc1. The summed E-state index contributed by atoms with van der Waals surface area (Å²) in [6.07, 6.45) is 2.81. The summed E-state index contributed by atoms with van der Waals surface area (Å²) < 4.78 is 0. The lowest BCUT2D eigenvalue weighted by molar-refractivity contribution is -0.117. The fraction of sp³-hybridized carbons (Fsp3) is 0.333. The molecule has 1 fully saturated rings. The van der Waals surface area contributed by atoms with E-state index in [2.05, 4.69) is 33.0 Å². The average Bonchev–Trinajstić information content (AvgIpc) is 3.53. The molecule has 1 aliphatic carbocycles. The number of carbonyl (C=O) groups excluding carboxylic acids is 2. The highest BCUT2D eigenvalue weighted by Gasteiger charge is 2.29. The first-order chi connectivity index (χ1) is 13.1. The van der Waals surface area contributed by atoms with Crippen LogP contribution in [0.5, 0.6) is 0 Å². The zero-order valence-corrected chi connectivity index (χ0v) is 15.6. The summed E-state index contributed by atoms with van der Waals surface area (Å²) in [5.41, 5.74) is 2.61. The van der Waals surface area contributed by atoms with Gasteiger partial charge in [0.1, 0.15) is 0 Å². The van der Waals surface area contributed by atoms with Crippen LogP contribution >= 0.6 is 0 Å². The fourth-order valence-corrected chi connectivity index (χ4v) is 2.73. The molecule has 0 radical (unpaired) electrons. The summed E-state index contributed by atoms with van der Waals surface area (Å²) in [5.74, 6) is 0.253. The van der Waals surface area contributed by atoms with Crippen molar-refractivity contribution in [1.29, 1.82) is 0 Å². The van der Waals surface area contributed by atoms with Crippen LogP contribution in [0.3, 0.4) is 0 Å². The normalized spacial score (nSPS) is 12.9. The summed E-state index contributed by atoms with van der Waals surface area (Å²) in [6, 6.07) is 17.1. The molecule has 6 nitrogen and oxygen atoms in total. The molecule has 2 aromatic rings. The van der Waals surface area contributed by atoms with Crippen LogP contribution in [0.1, 0.15) is 19.3 Å². The molecule has 142 valence electrons. The maximum absolute atomic E-state index is 12.0. The number of para-hydroxylation sites is 1. The summed E-state index contributed by atoms with van der Waals surface area (Å²) in [6.45, 7) is 1.46. The largest absolute Gasteiger partial charge is 0.375 e.